The van der Waals surface area contributed by atoms with Crippen LogP contribution in [-0.4, -0.2) is 19.6 Å². The standard InChI is InChI=1S/C19H18N2O3/c1-3-5-14-8-9-17(18(11-14)23-2)24-13-19(22)21-16-7-4-6-15(10-16)12-20/h3-4,6-11H,1,5,13H2,2H3,(H,21,22). The lowest BCUT2D eigenvalue weighted by Crippen LogP contribution is -2.20. The number of rotatable bonds is 7. The number of hydrogen-bond acceptors (Lipinski definition) is 4. The van der Waals surface area contributed by atoms with Gasteiger partial charge >= 0.3 is 0 Å². The van der Waals surface area contributed by atoms with Gasteiger partial charge in [-0.25, -0.2) is 0 Å². The second-order valence-corrected chi connectivity index (χ2v) is 5.01. The van der Waals surface area contributed by atoms with Gasteiger partial charge in [0.15, 0.2) is 18.1 Å². The van der Waals surface area contributed by atoms with Crippen molar-refractivity contribution < 1.29 is 14.3 Å². The molecule has 0 fully saturated rings. The fourth-order valence-corrected chi connectivity index (χ4v) is 2.13. The molecule has 0 radical (unpaired) electrons. The van der Waals surface area contributed by atoms with Gasteiger partial charge in [-0.05, 0) is 42.3 Å². The number of nitrogens with one attached hydrogen (secondary N) is 1. The molecule has 5 heteroatoms. The Labute approximate surface area is 141 Å². The lowest BCUT2D eigenvalue weighted by Gasteiger charge is -2.12. The molecule has 0 saturated carbocycles. The summed E-state index contributed by atoms with van der Waals surface area (Å²) in [6.45, 7) is 3.54. The Morgan fingerprint density at radius 3 is 2.83 bits per heavy atom. The van der Waals surface area contributed by atoms with E-state index in [4.69, 9.17) is 14.7 Å². The Morgan fingerprint density at radius 1 is 1.29 bits per heavy atom. The van der Waals surface area contributed by atoms with E-state index in [0.29, 0.717) is 22.7 Å². The zero-order chi connectivity index (χ0) is 17.4. The van der Waals surface area contributed by atoms with Gasteiger partial charge in [0.1, 0.15) is 0 Å². The van der Waals surface area contributed by atoms with Crippen LogP contribution in [-0.2, 0) is 11.2 Å². The molecule has 0 aliphatic heterocycles. The molecule has 0 atom stereocenters. The van der Waals surface area contributed by atoms with E-state index in [1.807, 2.05) is 18.2 Å². The third-order valence-corrected chi connectivity index (χ3v) is 3.24. The highest BCUT2D eigenvalue weighted by Gasteiger charge is 2.09. The first-order chi connectivity index (χ1) is 11.7. The number of carbonyl (C=O) groups excluding carboxylic acids is 1. The van der Waals surface area contributed by atoms with Crippen LogP contribution in [0.3, 0.4) is 0 Å². The van der Waals surface area contributed by atoms with Crippen molar-refractivity contribution in [3.8, 4) is 17.6 Å². The number of nitriles is 1. The average molecular weight is 322 g/mol. The van der Waals surface area contributed by atoms with Crippen LogP contribution < -0.4 is 14.8 Å². The number of anilines is 1. The minimum Gasteiger partial charge on any atom is -0.493 e. The predicted octanol–water partition coefficient (Wildman–Crippen LogP) is 3.31. The highest BCUT2D eigenvalue weighted by atomic mass is 16.5. The summed E-state index contributed by atoms with van der Waals surface area (Å²) in [5.74, 6) is 0.738. The molecule has 0 bridgehead atoms. The van der Waals surface area contributed by atoms with Crippen molar-refractivity contribution in [2.24, 2.45) is 0 Å². The van der Waals surface area contributed by atoms with Crippen molar-refractivity contribution in [2.45, 2.75) is 6.42 Å². The molecular formula is C19H18N2O3. The van der Waals surface area contributed by atoms with Crippen molar-refractivity contribution in [3.63, 3.8) is 0 Å². The highest BCUT2D eigenvalue weighted by Crippen LogP contribution is 2.28. The summed E-state index contributed by atoms with van der Waals surface area (Å²) in [4.78, 5) is 12.0. The number of nitrogens with zero attached hydrogens (tertiary/aromatic N) is 1. The van der Waals surface area contributed by atoms with E-state index in [0.717, 1.165) is 12.0 Å². The second-order valence-electron chi connectivity index (χ2n) is 5.01. The maximum atomic E-state index is 12.0. The molecule has 0 aromatic heterocycles. The molecule has 0 saturated heterocycles. The van der Waals surface area contributed by atoms with Crippen molar-refractivity contribution in [3.05, 3.63) is 66.2 Å². The Balaban J connectivity index is 1.98. The summed E-state index contributed by atoms with van der Waals surface area (Å²) in [6, 6.07) is 14.2. The predicted molar refractivity (Wildman–Crippen MR) is 92.2 cm³/mol. The van der Waals surface area contributed by atoms with Gasteiger partial charge in [-0.3, -0.25) is 4.79 Å². The number of amides is 1. The van der Waals surface area contributed by atoms with Crippen LogP contribution in [0.2, 0.25) is 0 Å². The summed E-state index contributed by atoms with van der Waals surface area (Å²) in [5, 5.41) is 11.5. The van der Waals surface area contributed by atoms with E-state index in [2.05, 4.69) is 11.9 Å². The molecule has 24 heavy (non-hydrogen) atoms. The number of benzene rings is 2. The third kappa shape index (κ3) is 4.62. The molecule has 2 rings (SSSR count). The molecule has 1 amide bonds. The summed E-state index contributed by atoms with van der Waals surface area (Å²) >= 11 is 0. The minimum atomic E-state index is -0.317. The van der Waals surface area contributed by atoms with Gasteiger partial charge in [-0.1, -0.05) is 18.2 Å². The van der Waals surface area contributed by atoms with E-state index < -0.39 is 0 Å². The number of ether oxygens (including phenoxy) is 2. The van der Waals surface area contributed by atoms with Gasteiger partial charge in [-0.2, -0.15) is 5.26 Å². The zero-order valence-electron chi connectivity index (χ0n) is 13.4. The van der Waals surface area contributed by atoms with Gasteiger partial charge in [0.05, 0.1) is 18.7 Å². The molecule has 0 aliphatic rings. The normalized spacial score (nSPS) is 9.67. The molecule has 0 heterocycles. The molecule has 122 valence electrons. The zero-order valence-corrected chi connectivity index (χ0v) is 13.4. The Kier molecular flexibility index (Phi) is 5.98. The maximum absolute atomic E-state index is 12.0. The van der Waals surface area contributed by atoms with E-state index in [1.54, 1.807) is 43.5 Å². The Morgan fingerprint density at radius 2 is 2.12 bits per heavy atom. The second kappa shape index (κ2) is 8.39. The van der Waals surface area contributed by atoms with E-state index >= 15 is 0 Å². The van der Waals surface area contributed by atoms with Gasteiger partial charge in [0, 0.05) is 5.69 Å². The van der Waals surface area contributed by atoms with Crippen LogP contribution in [0.15, 0.2) is 55.1 Å². The largest absolute Gasteiger partial charge is 0.493 e. The number of methoxy groups -OCH3 is 1. The van der Waals surface area contributed by atoms with Crippen LogP contribution in [0.5, 0.6) is 11.5 Å². The van der Waals surface area contributed by atoms with E-state index in [1.165, 1.54) is 0 Å². The quantitative estimate of drug-likeness (QED) is 0.794. The summed E-state index contributed by atoms with van der Waals surface area (Å²) in [6.07, 6.45) is 2.53. The van der Waals surface area contributed by atoms with Crippen LogP contribution >= 0.6 is 0 Å². The molecule has 0 spiro atoms. The van der Waals surface area contributed by atoms with Crippen LogP contribution in [0, 0.1) is 11.3 Å². The highest BCUT2D eigenvalue weighted by molar-refractivity contribution is 5.92. The van der Waals surface area contributed by atoms with Gasteiger partial charge in [0.25, 0.3) is 5.91 Å². The maximum Gasteiger partial charge on any atom is 0.262 e. The first-order valence-corrected chi connectivity index (χ1v) is 7.37. The molecule has 0 aliphatic carbocycles. The summed E-state index contributed by atoms with van der Waals surface area (Å²) in [5.41, 5.74) is 2.08. The molecule has 5 nitrogen and oxygen atoms in total. The SMILES string of the molecule is C=CCc1ccc(OCC(=O)Nc2cccc(C#N)c2)c(OC)c1. The van der Waals surface area contributed by atoms with Gasteiger partial charge < -0.3 is 14.8 Å². The van der Waals surface area contributed by atoms with Gasteiger partial charge in [-0.15, -0.1) is 6.58 Å². The fraction of sp³-hybridized carbons (Fsp3) is 0.158. The first kappa shape index (κ1) is 17.1. The molecule has 2 aromatic carbocycles. The lowest BCUT2D eigenvalue weighted by molar-refractivity contribution is -0.118. The van der Waals surface area contributed by atoms with Crippen molar-refractivity contribution in [1.82, 2.24) is 0 Å². The third-order valence-electron chi connectivity index (χ3n) is 3.24. The average Bonchev–Trinajstić information content (AvgIpc) is 2.61. The fourth-order valence-electron chi connectivity index (χ4n) is 2.13. The van der Waals surface area contributed by atoms with Gasteiger partial charge in [0.2, 0.25) is 0 Å². The van der Waals surface area contributed by atoms with Crippen molar-refractivity contribution in [1.29, 1.82) is 5.26 Å². The monoisotopic (exact) mass is 322 g/mol. The summed E-state index contributed by atoms with van der Waals surface area (Å²) < 4.78 is 10.8. The van der Waals surface area contributed by atoms with Crippen molar-refractivity contribution in [2.75, 3.05) is 19.0 Å². The van der Waals surface area contributed by atoms with Crippen LogP contribution in [0.25, 0.3) is 0 Å². The van der Waals surface area contributed by atoms with Crippen LogP contribution in [0.4, 0.5) is 5.69 Å². The Hall–Kier alpha value is -3.26. The minimum absolute atomic E-state index is 0.159. The Bertz CT molecular complexity index is 778. The molecular weight excluding hydrogens is 304 g/mol. The van der Waals surface area contributed by atoms with Crippen LogP contribution in [0.1, 0.15) is 11.1 Å². The topological polar surface area (TPSA) is 71.3 Å². The van der Waals surface area contributed by atoms with Crippen molar-refractivity contribution >= 4 is 11.6 Å². The smallest absolute Gasteiger partial charge is 0.262 e. The lowest BCUT2D eigenvalue weighted by atomic mass is 10.1. The number of hydrogen-bond donors (Lipinski definition) is 1. The van der Waals surface area contributed by atoms with E-state index in [9.17, 15) is 4.79 Å². The molecule has 0 unspecified atom stereocenters. The number of allylic oxidation sites excluding steroid dienone is 1. The van der Waals surface area contributed by atoms with E-state index in [-0.39, 0.29) is 12.5 Å². The first-order valence-electron chi connectivity index (χ1n) is 7.37. The molecule has 1 N–H and O–H groups in total. The number of carbonyl (C=O) groups is 1. The summed E-state index contributed by atoms with van der Waals surface area (Å²) in [7, 11) is 1.55. The molecule has 2 aromatic rings.